The van der Waals surface area contributed by atoms with Crippen molar-refractivity contribution in [3.8, 4) is 41.5 Å². The maximum Gasteiger partial charge on any atom is 0.244 e. The van der Waals surface area contributed by atoms with Crippen LogP contribution in [0, 0.1) is 30.7 Å². The summed E-state index contributed by atoms with van der Waals surface area (Å²) in [5.74, 6) is 2.00. The van der Waals surface area contributed by atoms with Crippen LogP contribution in [0.1, 0.15) is 56.4 Å². The number of rotatable bonds is 10. The van der Waals surface area contributed by atoms with Gasteiger partial charge in [0.2, 0.25) is 23.6 Å². The van der Waals surface area contributed by atoms with Crippen LogP contribution < -0.4 is 40.8 Å². The number of nitrogens with one attached hydrogen (secondary N) is 5. The van der Waals surface area contributed by atoms with Gasteiger partial charge in [-0.25, -0.2) is 0 Å². The molecule has 3 aromatic carbocycles. The van der Waals surface area contributed by atoms with E-state index in [-0.39, 0.29) is 30.2 Å². The molecule has 59 heavy (non-hydrogen) atoms. The molecule has 0 spiro atoms. The Bertz CT molecular complexity index is 1820. The number of ether oxygens (including phenoxy) is 3. The van der Waals surface area contributed by atoms with Gasteiger partial charge in [0.25, 0.3) is 0 Å². The number of aryl methyl sites for hydroxylation is 2. The first kappa shape index (κ1) is 52.4. The lowest BCUT2D eigenvalue weighted by molar-refractivity contribution is -0.136. The maximum atomic E-state index is 11.9. The van der Waals surface area contributed by atoms with Crippen LogP contribution in [0.5, 0.6) is 23.0 Å². The Balaban J connectivity index is 0.000000833. The monoisotopic (exact) mass is 815 g/mol. The average molecular weight is 816 g/mol. The van der Waals surface area contributed by atoms with Crippen molar-refractivity contribution in [1.82, 2.24) is 31.5 Å². The molecule has 5 rings (SSSR count). The van der Waals surface area contributed by atoms with Gasteiger partial charge in [0.15, 0.2) is 11.5 Å². The van der Waals surface area contributed by atoms with Gasteiger partial charge in [-0.1, -0.05) is 50.1 Å². The first-order valence-corrected chi connectivity index (χ1v) is 19.1. The number of methoxy groups -OCH3 is 2. The van der Waals surface area contributed by atoms with Gasteiger partial charge < -0.3 is 50.5 Å². The van der Waals surface area contributed by atoms with Crippen LogP contribution in [0.2, 0.25) is 0 Å². The fourth-order valence-electron chi connectivity index (χ4n) is 4.73. The van der Waals surface area contributed by atoms with Gasteiger partial charge in [0.1, 0.15) is 29.9 Å². The standard InChI is InChI=1S/C19H18N2O3.C11H17N3O3.C8H10O.C4H10N2O.C2H6/c1-23-17-11-15(12-20)14-8-9-21-19(22)7-4-13-2-5-16(6-3-13)24-18(17)10-14;1-5-12-8(2)10(16)13-9(3)11(17)14(4)6-7-15;1-7-3-5-8(9-2)6-4-7;1-5-3-4(7)6-2;1-2/h2-3,5-6,10-11H,4,7-9H2,1H3,(H,21,22);1,7-9,12H,6H2,2-4H3,(H,13,16);3-6H,1-2H3;5H,3H2,1-2H3,(H,6,7);1-2H3/t;8?,9-;;;/m.0.../s1. The SMILES string of the molecule is C#CNC(C)C(=O)N[C@@H](C)C(=O)N(C)CC=O.CC.CNCC(=O)NC.COc1cc(C#N)c2cc1Oc1ccc(cc1)CCC(=O)NCC2.COc1ccc(C)cc1. The molecule has 0 saturated heterocycles. The van der Waals surface area contributed by atoms with Crippen LogP contribution >= 0.6 is 0 Å². The van der Waals surface area contributed by atoms with Crippen LogP contribution in [0.15, 0.2) is 60.7 Å². The quantitative estimate of drug-likeness (QED) is 0.114. The molecule has 2 aliphatic heterocycles. The lowest BCUT2D eigenvalue weighted by atomic mass is 10.0. The number of carbonyl (C=O) groups is 5. The van der Waals surface area contributed by atoms with Crippen LogP contribution in [-0.4, -0.2) is 102 Å². The summed E-state index contributed by atoms with van der Waals surface area (Å²) in [6.45, 7) is 10.1. The van der Waals surface area contributed by atoms with E-state index in [1.807, 2.05) is 68.4 Å². The Morgan fingerprint density at radius 2 is 1.63 bits per heavy atom. The highest BCUT2D eigenvalue weighted by atomic mass is 16.5. The number of fused-ring (bicyclic) bond motifs is 7. The van der Waals surface area contributed by atoms with Gasteiger partial charge in [-0.2, -0.15) is 5.26 Å². The van der Waals surface area contributed by atoms with E-state index in [4.69, 9.17) is 20.6 Å². The first-order valence-electron chi connectivity index (χ1n) is 19.1. The van der Waals surface area contributed by atoms with Crippen molar-refractivity contribution in [2.24, 2.45) is 0 Å². The summed E-state index contributed by atoms with van der Waals surface area (Å²) >= 11 is 0. The highest BCUT2D eigenvalue weighted by molar-refractivity contribution is 5.90. The van der Waals surface area contributed by atoms with E-state index < -0.39 is 12.1 Å². The molecule has 5 N–H and O–H groups in total. The van der Waals surface area contributed by atoms with Gasteiger partial charge in [0.05, 0.1) is 38.9 Å². The van der Waals surface area contributed by atoms with E-state index in [2.05, 4.69) is 45.6 Å². The van der Waals surface area contributed by atoms with Crippen LogP contribution in [0.4, 0.5) is 0 Å². The highest BCUT2D eigenvalue weighted by Crippen LogP contribution is 2.34. The third-order valence-electron chi connectivity index (χ3n) is 8.04. The predicted molar refractivity (Wildman–Crippen MR) is 229 cm³/mol. The number of nitriles is 1. The molecule has 2 atom stereocenters. The van der Waals surface area contributed by atoms with Crippen molar-refractivity contribution >= 4 is 29.9 Å². The minimum Gasteiger partial charge on any atom is -0.497 e. The fourth-order valence-corrected chi connectivity index (χ4v) is 4.73. The number of hydrogen-bond acceptors (Lipinski definition) is 11. The van der Waals surface area contributed by atoms with E-state index in [1.165, 1.54) is 17.5 Å². The number of amides is 4. The van der Waals surface area contributed by atoms with E-state index in [0.29, 0.717) is 61.5 Å². The Morgan fingerprint density at radius 3 is 2.14 bits per heavy atom. The Kier molecular flexibility index (Phi) is 27.1. The summed E-state index contributed by atoms with van der Waals surface area (Å²) < 4.78 is 16.3. The Labute approximate surface area is 349 Å². The van der Waals surface area contributed by atoms with Crippen LogP contribution in [-0.2, 0) is 36.8 Å². The molecule has 4 amide bonds. The molecule has 0 fully saturated rings. The zero-order chi connectivity index (χ0) is 44.8. The molecular formula is C44H61N7O8. The van der Waals surface area contributed by atoms with Gasteiger partial charge in [0, 0.05) is 39.2 Å². The van der Waals surface area contributed by atoms with Gasteiger partial charge >= 0.3 is 0 Å². The Hall–Kier alpha value is -6.58. The number of benzene rings is 3. The van der Waals surface area contributed by atoms with Gasteiger partial charge in [-0.15, -0.1) is 0 Å². The summed E-state index contributed by atoms with van der Waals surface area (Å²) in [4.78, 5) is 56.8. The lowest BCUT2D eigenvalue weighted by Crippen LogP contribution is -2.50. The molecule has 3 aromatic rings. The molecule has 0 aliphatic carbocycles. The van der Waals surface area contributed by atoms with Crippen molar-refractivity contribution < 1.29 is 38.2 Å². The van der Waals surface area contributed by atoms with E-state index in [1.54, 1.807) is 48.2 Å². The smallest absolute Gasteiger partial charge is 0.244 e. The normalized spacial score (nSPS) is 11.9. The minimum absolute atomic E-state index is 0.00277. The van der Waals surface area contributed by atoms with E-state index in [0.717, 1.165) is 16.9 Å². The summed E-state index contributed by atoms with van der Waals surface area (Å²) in [7, 11) is 8.05. The zero-order valence-corrected chi connectivity index (χ0v) is 36.0. The molecule has 15 nitrogen and oxygen atoms in total. The van der Waals surface area contributed by atoms with E-state index in [9.17, 15) is 29.2 Å². The summed E-state index contributed by atoms with van der Waals surface area (Å²) in [5, 5.41) is 22.4. The maximum absolute atomic E-state index is 11.9. The molecule has 4 bridgehead atoms. The molecule has 2 heterocycles. The summed E-state index contributed by atoms with van der Waals surface area (Å²) in [6, 6.07) is 22.1. The molecule has 0 aromatic heterocycles. The number of terminal acetylenes is 1. The summed E-state index contributed by atoms with van der Waals surface area (Å²) in [5.41, 5.74) is 3.69. The predicted octanol–water partition coefficient (Wildman–Crippen LogP) is 3.66. The van der Waals surface area contributed by atoms with Crippen LogP contribution in [0.3, 0.4) is 0 Å². The van der Waals surface area contributed by atoms with Crippen molar-refractivity contribution in [3.05, 3.63) is 82.9 Å². The zero-order valence-electron chi connectivity index (χ0n) is 36.0. The van der Waals surface area contributed by atoms with Crippen molar-refractivity contribution in [2.75, 3.05) is 55.0 Å². The number of carbonyl (C=O) groups excluding carboxylic acids is 5. The van der Waals surface area contributed by atoms with Crippen LogP contribution in [0.25, 0.3) is 0 Å². The van der Waals surface area contributed by atoms with Gasteiger partial charge in [-0.3, -0.25) is 19.2 Å². The number of aldehydes is 1. The van der Waals surface area contributed by atoms with Crippen molar-refractivity contribution in [1.29, 1.82) is 5.26 Å². The molecule has 0 radical (unpaired) electrons. The molecule has 1 unspecified atom stereocenters. The number of hydrogen-bond donors (Lipinski definition) is 5. The number of likely N-dealkylation sites (N-methyl/N-ethyl adjacent to an activating group) is 3. The van der Waals surface area contributed by atoms with Crippen molar-refractivity contribution in [3.63, 3.8) is 0 Å². The average Bonchev–Trinajstić information content (AvgIpc) is 3.24. The van der Waals surface area contributed by atoms with Gasteiger partial charge in [-0.05, 0) is 82.1 Å². The minimum atomic E-state index is -0.700. The molecule has 2 aliphatic rings. The Morgan fingerprint density at radius 1 is 0.983 bits per heavy atom. The first-order chi connectivity index (χ1) is 28.3. The summed E-state index contributed by atoms with van der Waals surface area (Å²) in [6.07, 6.45) is 7.30. The number of nitrogens with zero attached hydrogens (tertiary/aromatic N) is 2. The third kappa shape index (κ3) is 21.0. The lowest BCUT2D eigenvalue weighted by Gasteiger charge is -2.21. The largest absolute Gasteiger partial charge is 0.497 e. The second-order valence-corrected chi connectivity index (χ2v) is 12.5. The topological polar surface area (TPSA) is 200 Å². The molecule has 320 valence electrons. The molecule has 0 saturated carbocycles. The fraction of sp³-hybridized carbons (Fsp3) is 0.409. The molecule has 15 heteroatoms. The second kappa shape index (κ2) is 30.5. The third-order valence-corrected chi connectivity index (χ3v) is 8.04. The van der Waals surface area contributed by atoms with Crippen molar-refractivity contribution in [2.45, 2.75) is 66.0 Å². The highest BCUT2D eigenvalue weighted by Gasteiger charge is 2.21. The second-order valence-electron chi connectivity index (χ2n) is 12.5. The van der Waals surface area contributed by atoms with E-state index >= 15 is 0 Å². The molecular weight excluding hydrogens is 755 g/mol.